The normalized spacial score (nSPS) is 15.3. The van der Waals surface area contributed by atoms with E-state index in [9.17, 15) is 9.59 Å². The number of piperazine rings is 1. The summed E-state index contributed by atoms with van der Waals surface area (Å²) in [7, 11) is 0. The van der Waals surface area contributed by atoms with Crippen molar-refractivity contribution < 1.29 is 9.59 Å². The number of benzene rings is 1. The molecule has 0 atom stereocenters. The Morgan fingerprint density at radius 2 is 1.67 bits per heavy atom. The molecule has 1 aliphatic heterocycles. The molecule has 5 nitrogen and oxygen atoms in total. The highest BCUT2D eigenvalue weighted by molar-refractivity contribution is 8.00. The lowest BCUT2D eigenvalue weighted by molar-refractivity contribution is -0.133. The van der Waals surface area contributed by atoms with Crippen molar-refractivity contribution in [2.45, 2.75) is 18.7 Å². The molecule has 1 heterocycles. The third-order valence-electron chi connectivity index (χ3n) is 4.31. The first-order valence-electron chi connectivity index (χ1n) is 8.59. The van der Waals surface area contributed by atoms with Gasteiger partial charge in [-0.3, -0.25) is 14.5 Å². The van der Waals surface area contributed by atoms with Gasteiger partial charge in [-0.2, -0.15) is 0 Å². The number of carbonyl (C=O) groups is 2. The SMILES string of the molecule is CCN(CC)C(=O)CN1CCN(C(=O)CSc2ccccc2)CC1. The third-order valence-corrected chi connectivity index (χ3v) is 5.30. The number of hydrogen-bond acceptors (Lipinski definition) is 4. The molecule has 24 heavy (non-hydrogen) atoms. The standard InChI is InChI=1S/C18H27N3O2S/c1-3-20(4-2)17(22)14-19-10-12-21(13-11-19)18(23)15-24-16-8-6-5-7-9-16/h5-9H,3-4,10-15H2,1-2H3. The van der Waals surface area contributed by atoms with Gasteiger partial charge >= 0.3 is 0 Å². The third kappa shape index (κ3) is 5.53. The van der Waals surface area contributed by atoms with Gasteiger partial charge in [-0.05, 0) is 26.0 Å². The van der Waals surface area contributed by atoms with E-state index in [1.165, 1.54) is 0 Å². The number of hydrogen-bond donors (Lipinski definition) is 0. The van der Waals surface area contributed by atoms with Crippen LogP contribution in [0.15, 0.2) is 35.2 Å². The summed E-state index contributed by atoms with van der Waals surface area (Å²) < 4.78 is 0. The maximum atomic E-state index is 12.3. The van der Waals surface area contributed by atoms with E-state index >= 15 is 0 Å². The van der Waals surface area contributed by atoms with Crippen molar-refractivity contribution in [3.05, 3.63) is 30.3 Å². The highest BCUT2D eigenvalue weighted by Gasteiger charge is 2.23. The Morgan fingerprint density at radius 3 is 2.25 bits per heavy atom. The second kappa shape index (κ2) is 9.69. The number of rotatable bonds is 7. The summed E-state index contributed by atoms with van der Waals surface area (Å²) in [5.41, 5.74) is 0. The van der Waals surface area contributed by atoms with Gasteiger partial charge in [0.05, 0.1) is 12.3 Å². The summed E-state index contributed by atoms with van der Waals surface area (Å²) in [6.45, 7) is 8.94. The molecule has 0 N–H and O–H groups in total. The van der Waals surface area contributed by atoms with Crippen LogP contribution in [0, 0.1) is 0 Å². The van der Waals surface area contributed by atoms with Crippen LogP contribution in [0.1, 0.15) is 13.8 Å². The van der Waals surface area contributed by atoms with Gasteiger partial charge in [-0.25, -0.2) is 0 Å². The zero-order chi connectivity index (χ0) is 17.4. The molecular weight excluding hydrogens is 322 g/mol. The molecule has 0 spiro atoms. The summed E-state index contributed by atoms with van der Waals surface area (Å²) >= 11 is 1.58. The Bertz CT molecular complexity index is 526. The molecule has 1 fully saturated rings. The van der Waals surface area contributed by atoms with Crippen molar-refractivity contribution in [1.29, 1.82) is 0 Å². The topological polar surface area (TPSA) is 43.9 Å². The first-order valence-corrected chi connectivity index (χ1v) is 9.58. The molecule has 1 aliphatic rings. The highest BCUT2D eigenvalue weighted by atomic mass is 32.2. The number of carbonyl (C=O) groups excluding carboxylic acids is 2. The lowest BCUT2D eigenvalue weighted by Crippen LogP contribution is -2.52. The van der Waals surface area contributed by atoms with Crippen molar-refractivity contribution in [2.75, 3.05) is 51.6 Å². The zero-order valence-electron chi connectivity index (χ0n) is 14.6. The fraction of sp³-hybridized carbons (Fsp3) is 0.556. The van der Waals surface area contributed by atoms with E-state index in [0.717, 1.165) is 31.1 Å². The van der Waals surface area contributed by atoms with E-state index in [1.54, 1.807) is 11.8 Å². The molecule has 1 aromatic rings. The second-order valence-electron chi connectivity index (χ2n) is 5.82. The minimum Gasteiger partial charge on any atom is -0.342 e. The summed E-state index contributed by atoms with van der Waals surface area (Å²) in [6.07, 6.45) is 0. The molecular formula is C18H27N3O2S. The van der Waals surface area contributed by atoms with Crippen molar-refractivity contribution >= 4 is 23.6 Å². The summed E-state index contributed by atoms with van der Waals surface area (Å²) in [4.78, 5) is 31.5. The number of nitrogens with zero attached hydrogens (tertiary/aromatic N) is 3. The lowest BCUT2D eigenvalue weighted by Gasteiger charge is -2.35. The Hall–Kier alpha value is -1.53. The van der Waals surface area contributed by atoms with Gasteiger partial charge in [0.1, 0.15) is 0 Å². The number of likely N-dealkylation sites (N-methyl/N-ethyl adjacent to an activating group) is 1. The smallest absolute Gasteiger partial charge is 0.236 e. The van der Waals surface area contributed by atoms with E-state index in [-0.39, 0.29) is 11.8 Å². The van der Waals surface area contributed by atoms with Crippen LogP contribution in [-0.2, 0) is 9.59 Å². The molecule has 0 aromatic heterocycles. The quantitative estimate of drug-likeness (QED) is 0.704. The summed E-state index contributed by atoms with van der Waals surface area (Å²) in [5, 5.41) is 0. The largest absolute Gasteiger partial charge is 0.342 e. The summed E-state index contributed by atoms with van der Waals surface area (Å²) in [5.74, 6) is 0.834. The van der Waals surface area contributed by atoms with E-state index in [1.807, 2.05) is 54.0 Å². The van der Waals surface area contributed by atoms with Crippen molar-refractivity contribution in [3.63, 3.8) is 0 Å². The van der Waals surface area contributed by atoms with Crippen LogP contribution < -0.4 is 0 Å². The van der Waals surface area contributed by atoms with Gasteiger partial charge < -0.3 is 9.80 Å². The minimum absolute atomic E-state index is 0.179. The van der Waals surface area contributed by atoms with Gasteiger partial charge in [0.15, 0.2) is 0 Å². The Morgan fingerprint density at radius 1 is 1.04 bits per heavy atom. The van der Waals surface area contributed by atoms with Crippen molar-refractivity contribution in [2.24, 2.45) is 0 Å². The van der Waals surface area contributed by atoms with Crippen LogP contribution >= 0.6 is 11.8 Å². The molecule has 2 rings (SSSR count). The second-order valence-corrected chi connectivity index (χ2v) is 6.87. The predicted molar refractivity (Wildman–Crippen MR) is 98.1 cm³/mol. The maximum Gasteiger partial charge on any atom is 0.236 e. The average Bonchev–Trinajstić information content (AvgIpc) is 2.62. The van der Waals surface area contributed by atoms with Crippen LogP contribution in [0.25, 0.3) is 0 Å². The first kappa shape index (κ1) is 18.8. The summed E-state index contributed by atoms with van der Waals surface area (Å²) in [6, 6.07) is 9.99. The van der Waals surface area contributed by atoms with Crippen LogP contribution in [0.2, 0.25) is 0 Å². The molecule has 2 amide bonds. The molecule has 1 saturated heterocycles. The van der Waals surface area contributed by atoms with Crippen molar-refractivity contribution in [3.8, 4) is 0 Å². The molecule has 6 heteroatoms. The molecule has 0 bridgehead atoms. The molecule has 132 valence electrons. The molecule has 1 aromatic carbocycles. The van der Waals surface area contributed by atoms with Gasteiger partial charge in [-0.15, -0.1) is 11.8 Å². The predicted octanol–water partition coefficient (Wildman–Crippen LogP) is 1.79. The monoisotopic (exact) mass is 349 g/mol. The first-order chi connectivity index (χ1) is 11.6. The highest BCUT2D eigenvalue weighted by Crippen LogP contribution is 2.17. The zero-order valence-corrected chi connectivity index (χ0v) is 15.4. The number of amides is 2. The van der Waals surface area contributed by atoms with Gasteiger partial charge in [0.2, 0.25) is 11.8 Å². The van der Waals surface area contributed by atoms with E-state index in [4.69, 9.17) is 0 Å². The van der Waals surface area contributed by atoms with Gasteiger partial charge in [0.25, 0.3) is 0 Å². The van der Waals surface area contributed by atoms with Gasteiger partial charge in [0, 0.05) is 44.2 Å². The van der Waals surface area contributed by atoms with Crippen LogP contribution in [0.4, 0.5) is 0 Å². The minimum atomic E-state index is 0.179. The average molecular weight is 350 g/mol. The fourth-order valence-electron chi connectivity index (χ4n) is 2.78. The van der Waals surface area contributed by atoms with Gasteiger partial charge in [-0.1, -0.05) is 18.2 Å². The van der Waals surface area contributed by atoms with Crippen LogP contribution in [0.5, 0.6) is 0 Å². The fourth-order valence-corrected chi connectivity index (χ4v) is 3.60. The Kier molecular flexibility index (Phi) is 7.59. The van der Waals surface area contributed by atoms with Crippen molar-refractivity contribution in [1.82, 2.24) is 14.7 Å². The van der Waals surface area contributed by atoms with E-state index in [2.05, 4.69) is 4.90 Å². The Labute approximate surface area is 149 Å². The molecule has 0 unspecified atom stereocenters. The lowest BCUT2D eigenvalue weighted by atomic mass is 10.3. The van der Waals surface area contributed by atoms with Crippen LogP contribution in [-0.4, -0.2) is 78.1 Å². The van der Waals surface area contributed by atoms with E-state index in [0.29, 0.717) is 25.4 Å². The maximum absolute atomic E-state index is 12.3. The van der Waals surface area contributed by atoms with Crippen LogP contribution in [0.3, 0.4) is 0 Å². The molecule has 0 radical (unpaired) electrons. The molecule has 0 aliphatic carbocycles. The molecule has 0 saturated carbocycles. The number of thioether (sulfide) groups is 1. The Balaban J connectivity index is 1.72. The van der Waals surface area contributed by atoms with E-state index < -0.39 is 0 Å².